The highest BCUT2D eigenvalue weighted by Crippen LogP contribution is 2.31. The van der Waals surface area contributed by atoms with E-state index >= 15 is 0 Å². The maximum atomic E-state index is 12.4. The lowest BCUT2D eigenvalue weighted by Crippen LogP contribution is -2.17. The molecule has 0 spiro atoms. The predicted octanol–water partition coefficient (Wildman–Crippen LogP) is 4.90. The third-order valence-corrected chi connectivity index (χ3v) is 3.68. The molecular weight excluding hydrogens is 363 g/mol. The van der Waals surface area contributed by atoms with Gasteiger partial charge < -0.3 is 14.6 Å². The second-order valence-corrected chi connectivity index (χ2v) is 5.55. The van der Waals surface area contributed by atoms with Crippen LogP contribution in [0.2, 0.25) is 0 Å². The van der Waals surface area contributed by atoms with E-state index in [-0.39, 0.29) is 16.5 Å². The van der Waals surface area contributed by atoms with Gasteiger partial charge in [-0.2, -0.15) is 0 Å². The molecule has 1 aromatic heterocycles. The van der Waals surface area contributed by atoms with Crippen LogP contribution in [0.1, 0.15) is 17.3 Å². The van der Waals surface area contributed by atoms with Crippen LogP contribution in [0.25, 0.3) is 22.2 Å². The van der Waals surface area contributed by atoms with Crippen LogP contribution in [0.3, 0.4) is 0 Å². The lowest BCUT2D eigenvalue weighted by Gasteiger charge is -2.12. The number of hydrogen-bond acceptors (Lipinski definition) is 4. The van der Waals surface area contributed by atoms with Gasteiger partial charge in [-0.1, -0.05) is 12.1 Å². The van der Waals surface area contributed by atoms with E-state index in [1.54, 1.807) is 24.3 Å². The molecule has 0 bridgehead atoms. The molecule has 0 saturated carbocycles. The molecule has 0 aliphatic rings. The third-order valence-electron chi connectivity index (χ3n) is 3.68. The summed E-state index contributed by atoms with van der Waals surface area (Å²) in [5.74, 6) is -1.19. The van der Waals surface area contributed by atoms with Gasteiger partial charge in [0.15, 0.2) is 0 Å². The van der Waals surface area contributed by atoms with Crippen LogP contribution in [-0.4, -0.2) is 29.0 Å². The Labute approximate surface area is 152 Å². The minimum Gasteiger partial charge on any atom is -0.494 e. The number of ether oxygens (including phenoxy) is 2. The number of rotatable bonds is 5. The summed E-state index contributed by atoms with van der Waals surface area (Å²) in [5.41, 5.74) is 1.05. The Morgan fingerprint density at radius 1 is 1.11 bits per heavy atom. The average molecular weight is 377 g/mol. The van der Waals surface area contributed by atoms with E-state index in [0.29, 0.717) is 23.6 Å². The standard InChI is InChI=1S/C19H14F3NO4/c1-2-26-12-5-3-4-11(8-12)17-10-15(18(24)25)14-9-13(27-19(20,21)22)6-7-16(14)23-17/h3-10H,2H2,1H3,(H,24,25). The van der Waals surface area contributed by atoms with E-state index in [2.05, 4.69) is 9.72 Å². The van der Waals surface area contributed by atoms with E-state index in [0.717, 1.165) is 12.1 Å². The molecule has 0 unspecified atom stereocenters. The van der Waals surface area contributed by atoms with Crippen molar-refractivity contribution in [3.63, 3.8) is 0 Å². The summed E-state index contributed by atoms with van der Waals surface area (Å²) in [4.78, 5) is 16.0. The Morgan fingerprint density at radius 3 is 2.56 bits per heavy atom. The van der Waals surface area contributed by atoms with Crippen molar-refractivity contribution in [2.24, 2.45) is 0 Å². The van der Waals surface area contributed by atoms with Crippen molar-refractivity contribution < 1.29 is 32.5 Å². The SMILES string of the molecule is CCOc1cccc(-c2cc(C(=O)O)c3cc(OC(F)(F)F)ccc3n2)c1. The first-order valence-electron chi connectivity index (χ1n) is 7.94. The molecule has 0 aliphatic heterocycles. The van der Waals surface area contributed by atoms with Crippen LogP contribution in [0, 0.1) is 0 Å². The molecule has 0 radical (unpaired) electrons. The monoisotopic (exact) mass is 377 g/mol. The fraction of sp³-hybridized carbons (Fsp3) is 0.158. The lowest BCUT2D eigenvalue weighted by atomic mass is 10.0. The zero-order valence-corrected chi connectivity index (χ0v) is 14.1. The second kappa shape index (κ2) is 7.14. The number of halogens is 3. The van der Waals surface area contributed by atoms with E-state index in [9.17, 15) is 23.1 Å². The molecule has 0 fully saturated rings. The summed E-state index contributed by atoms with van der Waals surface area (Å²) in [5, 5.41) is 9.55. The van der Waals surface area contributed by atoms with Crippen molar-refractivity contribution in [3.05, 3.63) is 54.1 Å². The summed E-state index contributed by atoms with van der Waals surface area (Å²) in [6.45, 7) is 2.31. The number of nitrogens with zero attached hydrogens (tertiary/aromatic N) is 1. The number of carboxylic acid groups (broad SMARTS) is 1. The van der Waals surface area contributed by atoms with Gasteiger partial charge in [-0.05, 0) is 43.3 Å². The second-order valence-electron chi connectivity index (χ2n) is 5.55. The first-order chi connectivity index (χ1) is 12.8. The van der Waals surface area contributed by atoms with E-state index in [1.807, 2.05) is 6.92 Å². The van der Waals surface area contributed by atoms with Crippen LogP contribution < -0.4 is 9.47 Å². The predicted molar refractivity (Wildman–Crippen MR) is 92.0 cm³/mol. The number of aromatic carboxylic acids is 1. The van der Waals surface area contributed by atoms with Crippen LogP contribution in [0.5, 0.6) is 11.5 Å². The first-order valence-corrected chi connectivity index (χ1v) is 7.94. The minimum atomic E-state index is -4.87. The van der Waals surface area contributed by atoms with Crippen molar-refractivity contribution in [2.75, 3.05) is 6.61 Å². The number of pyridine rings is 1. The van der Waals surface area contributed by atoms with Crippen molar-refractivity contribution in [3.8, 4) is 22.8 Å². The van der Waals surface area contributed by atoms with Crippen molar-refractivity contribution >= 4 is 16.9 Å². The van der Waals surface area contributed by atoms with E-state index in [4.69, 9.17) is 4.74 Å². The zero-order valence-electron chi connectivity index (χ0n) is 14.1. The number of carboxylic acids is 1. The molecule has 8 heteroatoms. The van der Waals surface area contributed by atoms with Crippen LogP contribution in [0.4, 0.5) is 13.2 Å². The topological polar surface area (TPSA) is 68.7 Å². The van der Waals surface area contributed by atoms with Crippen molar-refractivity contribution in [1.29, 1.82) is 0 Å². The molecular formula is C19H14F3NO4. The van der Waals surface area contributed by atoms with Gasteiger partial charge in [0.1, 0.15) is 11.5 Å². The number of fused-ring (bicyclic) bond motifs is 1. The molecule has 2 aromatic carbocycles. The average Bonchev–Trinajstić information content (AvgIpc) is 2.60. The summed E-state index contributed by atoms with van der Waals surface area (Å²) in [6.07, 6.45) is -4.87. The Bertz CT molecular complexity index is 1000. The molecule has 5 nitrogen and oxygen atoms in total. The minimum absolute atomic E-state index is 0.0500. The zero-order chi connectivity index (χ0) is 19.6. The molecule has 0 atom stereocenters. The van der Waals surface area contributed by atoms with Gasteiger partial charge >= 0.3 is 12.3 Å². The first kappa shape index (κ1) is 18.5. The molecule has 140 valence electrons. The largest absolute Gasteiger partial charge is 0.573 e. The molecule has 3 rings (SSSR count). The number of carbonyl (C=O) groups is 1. The van der Waals surface area contributed by atoms with E-state index < -0.39 is 18.1 Å². The van der Waals surface area contributed by atoms with Gasteiger partial charge in [0.2, 0.25) is 0 Å². The number of alkyl halides is 3. The van der Waals surface area contributed by atoms with Gasteiger partial charge in [-0.15, -0.1) is 13.2 Å². The van der Waals surface area contributed by atoms with Gasteiger partial charge in [0.05, 0.1) is 23.4 Å². The van der Waals surface area contributed by atoms with Crippen LogP contribution in [-0.2, 0) is 0 Å². The Balaban J connectivity index is 2.13. The smallest absolute Gasteiger partial charge is 0.494 e. The lowest BCUT2D eigenvalue weighted by molar-refractivity contribution is -0.274. The molecule has 1 N–H and O–H groups in total. The fourth-order valence-corrected chi connectivity index (χ4v) is 2.64. The maximum absolute atomic E-state index is 12.4. The van der Waals surface area contributed by atoms with Gasteiger partial charge in [-0.25, -0.2) is 9.78 Å². The molecule has 0 saturated heterocycles. The third kappa shape index (κ3) is 4.28. The van der Waals surface area contributed by atoms with Gasteiger partial charge in [0.25, 0.3) is 0 Å². The number of hydrogen-bond donors (Lipinski definition) is 1. The molecule has 1 heterocycles. The Kier molecular flexibility index (Phi) is 4.89. The van der Waals surface area contributed by atoms with Crippen LogP contribution in [0.15, 0.2) is 48.5 Å². The number of aromatic nitrogens is 1. The summed E-state index contributed by atoms with van der Waals surface area (Å²) in [7, 11) is 0. The van der Waals surface area contributed by atoms with E-state index in [1.165, 1.54) is 12.1 Å². The number of benzene rings is 2. The summed E-state index contributed by atoms with van der Waals surface area (Å²) < 4.78 is 46.6. The molecule has 3 aromatic rings. The van der Waals surface area contributed by atoms with Crippen molar-refractivity contribution in [1.82, 2.24) is 4.98 Å². The van der Waals surface area contributed by atoms with Gasteiger partial charge in [0, 0.05) is 10.9 Å². The quantitative estimate of drug-likeness (QED) is 0.685. The highest BCUT2D eigenvalue weighted by Gasteiger charge is 2.31. The fourth-order valence-electron chi connectivity index (χ4n) is 2.64. The van der Waals surface area contributed by atoms with Crippen molar-refractivity contribution in [2.45, 2.75) is 13.3 Å². The maximum Gasteiger partial charge on any atom is 0.573 e. The molecule has 0 amide bonds. The highest BCUT2D eigenvalue weighted by atomic mass is 19.4. The Morgan fingerprint density at radius 2 is 1.89 bits per heavy atom. The van der Waals surface area contributed by atoms with Crippen LogP contribution >= 0.6 is 0 Å². The normalized spacial score (nSPS) is 11.4. The Hall–Kier alpha value is -3.29. The summed E-state index contributed by atoms with van der Waals surface area (Å²) in [6, 6.07) is 11.7. The molecule has 0 aliphatic carbocycles. The summed E-state index contributed by atoms with van der Waals surface area (Å²) >= 11 is 0. The molecule has 27 heavy (non-hydrogen) atoms. The highest BCUT2D eigenvalue weighted by molar-refractivity contribution is 6.04. The van der Waals surface area contributed by atoms with Gasteiger partial charge in [-0.3, -0.25) is 0 Å².